The molecule has 1 aromatic rings. The van der Waals surface area contributed by atoms with Crippen molar-refractivity contribution in [3.63, 3.8) is 0 Å². The summed E-state index contributed by atoms with van der Waals surface area (Å²) in [6.45, 7) is 1.75. The Labute approximate surface area is 179 Å². The van der Waals surface area contributed by atoms with Gasteiger partial charge in [0.05, 0.1) is 17.8 Å². The molecule has 1 amide bonds. The molecule has 1 aromatic carbocycles. The van der Waals surface area contributed by atoms with E-state index < -0.39 is 30.1 Å². The molecule has 1 fully saturated rings. The second-order valence-corrected chi connectivity index (χ2v) is 7.87. The van der Waals surface area contributed by atoms with E-state index in [4.69, 9.17) is 9.47 Å². The summed E-state index contributed by atoms with van der Waals surface area (Å²) in [6.07, 6.45) is -3.16. The molecular formula is C22H28F4N2O3. The molecular weight excluding hydrogens is 416 g/mol. The van der Waals surface area contributed by atoms with E-state index in [1.165, 1.54) is 12.1 Å². The monoisotopic (exact) mass is 444 g/mol. The molecule has 2 N–H and O–H groups in total. The summed E-state index contributed by atoms with van der Waals surface area (Å²) in [7, 11) is 1.61. The highest BCUT2D eigenvalue weighted by atomic mass is 19.3. The minimum absolute atomic E-state index is 0.0384. The number of halogens is 4. The van der Waals surface area contributed by atoms with Gasteiger partial charge in [-0.1, -0.05) is 12.1 Å². The lowest BCUT2D eigenvalue weighted by Crippen LogP contribution is -2.43. The Bertz CT molecular complexity index is 792. The van der Waals surface area contributed by atoms with Crippen LogP contribution in [-0.4, -0.2) is 50.8 Å². The van der Waals surface area contributed by atoms with Crippen molar-refractivity contribution >= 4 is 5.91 Å². The van der Waals surface area contributed by atoms with Crippen LogP contribution in [0.5, 0.6) is 0 Å². The van der Waals surface area contributed by atoms with E-state index in [9.17, 15) is 22.4 Å². The van der Waals surface area contributed by atoms with Crippen molar-refractivity contribution < 1.29 is 31.8 Å². The van der Waals surface area contributed by atoms with Crippen molar-refractivity contribution in [2.24, 2.45) is 0 Å². The predicted octanol–water partition coefficient (Wildman–Crippen LogP) is 3.59. The first-order valence-corrected chi connectivity index (χ1v) is 10.4. The third-order valence-electron chi connectivity index (χ3n) is 6.10. The normalized spacial score (nSPS) is 27.5. The molecule has 172 valence electrons. The average molecular weight is 444 g/mol. The molecule has 1 saturated carbocycles. The fourth-order valence-electron chi connectivity index (χ4n) is 4.37. The molecule has 9 heteroatoms. The van der Waals surface area contributed by atoms with Crippen molar-refractivity contribution in [3.05, 3.63) is 47.0 Å². The molecule has 1 heterocycles. The SMILES string of the molecule is CCOC1=C(C(=O)NC2CCC(OC)(c3ccc(F)cc3)CC2)CNC1C(F)C(F)F. The summed E-state index contributed by atoms with van der Waals surface area (Å²) in [5, 5.41) is 5.54. The summed E-state index contributed by atoms with van der Waals surface area (Å²) in [5.41, 5.74) is 0.479. The molecule has 1 aliphatic carbocycles. The fraction of sp³-hybridized carbons (Fsp3) is 0.591. The van der Waals surface area contributed by atoms with Crippen LogP contribution in [-0.2, 0) is 19.9 Å². The topological polar surface area (TPSA) is 59.6 Å². The Morgan fingerprint density at radius 2 is 1.87 bits per heavy atom. The number of hydrogen-bond donors (Lipinski definition) is 2. The first-order chi connectivity index (χ1) is 14.8. The molecule has 1 aliphatic heterocycles. The second-order valence-electron chi connectivity index (χ2n) is 7.87. The van der Waals surface area contributed by atoms with Gasteiger partial charge < -0.3 is 20.1 Å². The highest BCUT2D eigenvalue weighted by molar-refractivity contribution is 5.95. The number of nitrogens with one attached hydrogen (secondary N) is 2. The minimum atomic E-state index is -3.18. The van der Waals surface area contributed by atoms with Crippen molar-refractivity contribution in [1.82, 2.24) is 10.6 Å². The Balaban J connectivity index is 1.66. The summed E-state index contributed by atoms with van der Waals surface area (Å²) in [4.78, 5) is 12.8. The number of ether oxygens (including phenoxy) is 2. The number of carbonyl (C=O) groups is 1. The number of rotatable bonds is 8. The van der Waals surface area contributed by atoms with Gasteiger partial charge in [-0.3, -0.25) is 4.79 Å². The van der Waals surface area contributed by atoms with Gasteiger partial charge in [-0.2, -0.15) is 0 Å². The van der Waals surface area contributed by atoms with Gasteiger partial charge in [0.15, 0.2) is 6.17 Å². The molecule has 2 unspecified atom stereocenters. The van der Waals surface area contributed by atoms with Crippen LogP contribution in [0, 0.1) is 5.82 Å². The number of hydrogen-bond acceptors (Lipinski definition) is 4. The van der Waals surface area contributed by atoms with Crippen LogP contribution in [0.1, 0.15) is 38.2 Å². The molecule has 31 heavy (non-hydrogen) atoms. The summed E-state index contributed by atoms with van der Waals surface area (Å²) in [5.74, 6) is -0.821. The van der Waals surface area contributed by atoms with Gasteiger partial charge in [0.25, 0.3) is 12.3 Å². The van der Waals surface area contributed by atoms with Crippen LogP contribution >= 0.6 is 0 Å². The third-order valence-corrected chi connectivity index (χ3v) is 6.10. The molecule has 0 spiro atoms. The standard InChI is InChI=1S/C22H28F4N2O3/c1-3-31-19-16(12-27-18(19)17(24)20(25)26)21(29)28-15-8-10-22(30-2,11-9-15)13-4-6-14(23)7-5-13/h4-7,15,17-18,20,27H,3,8-12H2,1-2H3,(H,28,29). The smallest absolute Gasteiger partial charge is 0.271 e. The first-order valence-electron chi connectivity index (χ1n) is 10.4. The minimum Gasteiger partial charge on any atom is -0.496 e. The van der Waals surface area contributed by atoms with Gasteiger partial charge in [0.2, 0.25) is 0 Å². The molecule has 2 atom stereocenters. The second kappa shape index (κ2) is 9.99. The Morgan fingerprint density at radius 3 is 2.42 bits per heavy atom. The molecule has 3 rings (SSSR count). The van der Waals surface area contributed by atoms with Gasteiger partial charge in [-0.15, -0.1) is 0 Å². The molecule has 0 radical (unpaired) electrons. The molecule has 2 aliphatic rings. The summed E-state index contributed by atoms with van der Waals surface area (Å²) in [6, 6.07) is 4.71. The van der Waals surface area contributed by atoms with Crippen molar-refractivity contribution in [3.8, 4) is 0 Å². The highest BCUT2D eigenvalue weighted by Gasteiger charge is 2.42. The zero-order chi connectivity index (χ0) is 22.6. The van der Waals surface area contributed by atoms with E-state index in [0.717, 1.165) is 5.56 Å². The lowest BCUT2D eigenvalue weighted by atomic mass is 9.77. The maximum atomic E-state index is 13.9. The van der Waals surface area contributed by atoms with Gasteiger partial charge in [0.1, 0.15) is 17.6 Å². The van der Waals surface area contributed by atoms with Crippen LogP contribution in [0.3, 0.4) is 0 Å². The summed E-state index contributed by atoms with van der Waals surface area (Å²) >= 11 is 0. The number of amides is 1. The predicted molar refractivity (Wildman–Crippen MR) is 107 cm³/mol. The average Bonchev–Trinajstić information content (AvgIpc) is 3.18. The van der Waals surface area contributed by atoms with Crippen LogP contribution < -0.4 is 10.6 Å². The lowest BCUT2D eigenvalue weighted by molar-refractivity contribution is -0.119. The lowest BCUT2D eigenvalue weighted by Gasteiger charge is -2.39. The van der Waals surface area contributed by atoms with E-state index in [-0.39, 0.29) is 36.3 Å². The summed E-state index contributed by atoms with van der Waals surface area (Å²) < 4.78 is 64.0. The Hall–Kier alpha value is -2.13. The zero-order valence-corrected chi connectivity index (χ0v) is 17.6. The first kappa shape index (κ1) is 23.5. The van der Waals surface area contributed by atoms with Crippen molar-refractivity contribution in [1.29, 1.82) is 0 Å². The van der Waals surface area contributed by atoms with Crippen LogP contribution in [0.2, 0.25) is 0 Å². The van der Waals surface area contributed by atoms with Gasteiger partial charge in [-0.05, 0) is 50.3 Å². The Morgan fingerprint density at radius 1 is 1.23 bits per heavy atom. The van der Waals surface area contributed by atoms with Gasteiger partial charge in [0, 0.05) is 19.7 Å². The number of alkyl halides is 3. The van der Waals surface area contributed by atoms with E-state index in [2.05, 4.69) is 10.6 Å². The number of benzene rings is 1. The van der Waals surface area contributed by atoms with Crippen LogP contribution in [0.25, 0.3) is 0 Å². The van der Waals surface area contributed by atoms with Crippen molar-refractivity contribution in [2.45, 2.75) is 62.9 Å². The molecule has 0 saturated heterocycles. The third kappa shape index (κ3) is 5.03. The fourth-order valence-corrected chi connectivity index (χ4v) is 4.37. The van der Waals surface area contributed by atoms with E-state index in [1.807, 2.05) is 0 Å². The Kier molecular flexibility index (Phi) is 7.59. The van der Waals surface area contributed by atoms with E-state index in [1.54, 1.807) is 26.2 Å². The van der Waals surface area contributed by atoms with Crippen molar-refractivity contribution in [2.75, 3.05) is 20.3 Å². The van der Waals surface area contributed by atoms with E-state index >= 15 is 0 Å². The molecule has 0 bridgehead atoms. The number of carbonyl (C=O) groups excluding carboxylic acids is 1. The largest absolute Gasteiger partial charge is 0.496 e. The zero-order valence-electron chi connectivity index (χ0n) is 17.6. The van der Waals surface area contributed by atoms with Crippen LogP contribution in [0.15, 0.2) is 35.6 Å². The van der Waals surface area contributed by atoms with E-state index in [0.29, 0.717) is 25.7 Å². The molecule has 5 nitrogen and oxygen atoms in total. The number of methoxy groups -OCH3 is 1. The van der Waals surface area contributed by atoms with Gasteiger partial charge >= 0.3 is 0 Å². The maximum absolute atomic E-state index is 13.9. The molecule has 0 aromatic heterocycles. The highest BCUT2D eigenvalue weighted by Crippen LogP contribution is 2.40. The van der Waals surface area contributed by atoms with Crippen LogP contribution in [0.4, 0.5) is 17.6 Å². The quantitative estimate of drug-likeness (QED) is 0.602. The van der Waals surface area contributed by atoms with Gasteiger partial charge in [-0.25, -0.2) is 17.6 Å². The maximum Gasteiger partial charge on any atom is 0.271 e.